The maximum absolute atomic E-state index is 13.1. The predicted molar refractivity (Wildman–Crippen MR) is 121 cm³/mol. The summed E-state index contributed by atoms with van der Waals surface area (Å²) in [6.45, 7) is 0. The lowest BCUT2D eigenvalue weighted by molar-refractivity contribution is 0.534. The summed E-state index contributed by atoms with van der Waals surface area (Å²) in [5.74, 6) is 0. The molecule has 0 fully saturated rings. The van der Waals surface area contributed by atoms with E-state index in [1.54, 1.807) is 30.3 Å². The molecule has 150 valence electrons. The molecule has 4 aromatic carbocycles. The number of hydrogen-bond acceptors (Lipinski definition) is 3. The van der Waals surface area contributed by atoms with Gasteiger partial charge in [-0.1, -0.05) is 66.2 Å². The van der Waals surface area contributed by atoms with E-state index in [1.165, 1.54) is 0 Å². The molecule has 0 amide bonds. The van der Waals surface area contributed by atoms with Crippen LogP contribution in [-0.4, -0.2) is 8.42 Å². The summed E-state index contributed by atoms with van der Waals surface area (Å²) < 4.78 is 29.2. The van der Waals surface area contributed by atoms with Gasteiger partial charge in [0.1, 0.15) is 0 Å². The van der Waals surface area contributed by atoms with Gasteiger partial charge in [-0.15, -0.1) is 0 Å². The average Bonchev–Trinajstić information content (AvgIpc) is 3.05. The van der Waals surface area contributed by atoms with Crippen molar-refractivity contribution in [2.75, 3.05) is 5.32 Å². The molecule has 1 aliphatic carbocycles. The van der Waals surface area contributed by atoms with E-state index in [2.05, 4.69) is 28.2 Å². The summed E-state index contributed by atoms with van der Waals surface area (Å²) in [5.41, 5.74) is 2.91. The lowest BCUT2D eigenvalue weighted by Crippen LogP contribution is -2.33. The van der Waals surface area contributed by atoms with Crippen LogP contribution in [0.25, 0.3) is 10.8 Å². The zero-order chi connectivity index (χ0) is 20.7. The van der Waals surface area contributed by atoms with Crippen LogP contribution in [0, 0.1) is 0 Å². The SMILES string of the molecule is O=S(=O)(NC1c2cccc3cccc(c23)C1Nc1ccc(Cl)cc1)c1ccccc1. The van der Waals surface area contributed by atoms with Crippen LogP contribution < -0.4 is 10.0 Å². The summed E-state index contributed by atoms with van der Waals surface area (Å²) in [6, 6.07) is 27.3. The number of hydrogen-bond donors (Lipinski definition) is 2. The zero-order valence-corrected chi connectivity index (χ0v) is 17.5. The van der Waals surface area contributed by atoms with Crippen LogP contribution in [0.2, 0.25) is 5.02 Å². The summed E-state index contributed by atoms with van der Waals surface area (Å²) in [7, 11) is -3.70. The Morgan fingerprint density at radius 3 is 2.00 bits per heavy atom. The molecule has 0 radical (unpaired) electrons. The number of halogens is 1. The van der Waals surface area contributed by atoms with Gasteiger partial charge in [-0.25, -0.2) is 13.1 Å². The van der Waals surface area contributed by atoms with E-state index in [-0.39, 0.29) is 10.9 Å². The summed E-state index contributed by atoms with van der Waals surface area (Å²) in [6.07, 6.45) is 0. The summed E-state index contributed by atoms with van der Waals surface area (Å²) in [4.78, 5) is 0.248. The second-order valence-electron chi connectivity index (χ2n) is 7.33. The van der Waals surface area contributed by atoms with E-state index in [9.17, 15) is 8.42 Å². The number of rotatable bonds is 5. The monoisotopic (exact) mass is 434 g/mol. The number of benzene rings is 4. The molecule has 1 aliphatic rings. The molecule has 30 heavy (non-hydrogen) atoms. The fourth-order valence-electron chi connectivity index (χ4n) is 4.13. The Morgan fingerprint density at radius 1 is 0.700 bits per heavy atom. The molecule has 6 heteroatoms. The minimum atomic E-state index is -3.70. The molecule has 2 N–H and O–H groups in total. The van der Waals surface area contributed by atoms with Crippen LogP contribution in [0.5, 0.6) is 0 Å². The highest BCUT2D eigenvalue weighted by Gasteiger charge is 2.37. The quantitative estimate of drug-likeness (QED) is 0.425. The van der Waals surface area contributed by atoms with Crippen LogP contribution in [0.3, 0.4) is 0 Å². The minimum Gasteiger partial charge on any atom is -0.376 e. The van der Waals surface area contributed by atoms with Crippen molar-refractivity contribution in [1.82, 2.24) is 4.72 Å². The van der Waals surface area contributed by atoms with Crippen LogP contribution in [-0.2, 0) is 10.0 Å². The maximum Gasteiger partial charge on any atom is 0.241 e. The third kappa shape index (κ3) is 3.35. The molecule has 0 aromatic heterocycles. The zero-order valence-electron chi connectivity index (χ0n) is 15.9. The van der Waals surface area contributed by atoms with E-state index in [4.69, 9.17) is 11.6 Å². The fraction of sp³-hybridized carbons (Fsp3) is 0.0833. The van der Waals surface area contributed by atoms with E-state index in [0.29, 0.717) is 5.02 Å². The number of anilines is 1. The van der Waals surface area contributed by atoms with E-state index >= 15 is 0 Å². The third-order valence-electron chi connectivity index (χ3n) is 5.47. The van der Waals surface area contributed by atoms with Gasteiger partial charge in [0.15, 0.2) is 0 Å². The summed E-state index contributed by atoms with van der Waals surface area (Å²) in [5, 5.41) is 6.35. The molecule has 0 bridgehead atoms. The smallest absolute Gasteiger partial charge is 0.241 e. The van der Waals surface area contributed by atoms with Crippen molar-refractivity contribution in [3.63, 3.8) is 0 Å². The van der Waals surface area contributed by atoms with Crippen LogP contribution in [0.1, 0.15) is 23.2 Å². The molecule has 2 unspecified atom stereocenters. The minimum absolute atomic E-state index is 0.248. The Morgan fingerprint density at radius 2 is 1.33 bits per heavy atom. The molecule has 4 nitrogen and oxygen atoms in total. The van der Waals surface area contributed by atoms with Gasteiger partial charge in [-0.05, 0) is 58.3 Å². The van der Waals surface area contributed by atoms with Crippen molar-refractivity contribution in [3.05, 3.63) is 107 Å². The van der Waals surface area contributed by atoms with Gasteiger partial charge in [0, 0.05) is 10.7 Å². The Kier molecular flexibility index (Phi) is 4.74. The van der Waals surface area contributed by atoms with Gasteiger partial charge in [-0.3, -0.25) is 0 Å². The van der Waals surface area contributed by atoms with E-state index < -0.39 is 16.1 Å². The summed E-state index contributed by atoms with van der Waals surface area (Å²) >= 11 is 6.03. The van der Waals surface area contributed by atoms with Gasteiger partial charge >= 0.3 is 0 Å². The lowest BCUT2D eigenvalue weighted by Gasteiger charge is -2.25. The second kappa shape index (κ2) is 7.43. The van der Waals surface area contributed by atoms with Gasteiger partial charge < -0.3 is 5.32 Å². The van der Waals surface area contributed by atoms with Gasteiger partial charge in [0.25, 0.3) is 0 Å². The van der Waals surface area contributed by atoms with Crippen molar-refractivity contribution < 1.29 is 8.42 Å². The molecule has 5 rings (SSSR count). The highest BCUT2D eigenvalue weighted by Crippen LogP contribution is 2.46. The van der Waals surface area contributed by atoms with E-state index in [0.717, 1.165) is 27.6 Å². The highest BCUT2D eigenvalue weighted by molar-refractivity contribution is 7.89. The maximum atomic E-state index is 13.1. The largest absolute Gasteiger partial charge is 0.376 e. The highest BCUT2D eigenvalue weighted by atomic mass is 35.5. The van der Waals surface area contributed by atoms with Crippen LogP contribution >= 0.6 is 11.6 Å². The first-order valence-electron chi connectivity index (χ1n) is 9.64. The van der Waals surface area contributed by atoms with Crippen molar-refractivity contribution in [1.29, 1.82) is 0 Å². The number of sulfonamides is 1. The molecule has 0 aliphatic heterocycles. The second-order valence-corrected chi connectivity index (χ2v) is 9.48. The lowest BCUT2D eigenvalue weighted by atomic mass is 10.0. The van der Waals surface area contributed by atoms with Crippen LogP contribution in [0.15, 0.2) is 95.9 Å². The Hall–Kier alpha value is -2.86. The molecule has 2 atom stereocenters. The van der Waals surface area contributed by atoms with Crippen molar-refractivity contribution in [2.45, 2.75) is 17.0 Å². The molecule has 0 heterocycles. The molecular formula is C24H19ClN2O2S. The van der Waals surface area contributed by atoms with Gasteiger partial charge in [0.2, 0.25) is 10.0 Å². The predicted octanol–water partition coefficient (Wildman–Crippen LogP) is 5.68. The topological polar surface area (TPSA) is 58.2 Å². The first-order valence-corrected chi connectivity index (χ1v) is 11.5. The first kappa shape index (κ1) is 19.1. The standard InChI is InChI=1S/C24H19ClN2O2S/c25-17-12-14-18(15-13-17)26-23-20-10-4-6-16-7-5-11-21(22(16)20)24(23)27-30(28,29)19-8-2-1-3-9-19/h1-15,23-24,26-27H. The molecule has 0 saturated carbocycles. The normalized spacial score (nSPS) is 17.9. The third-order valence-corrected chi connectivity index (χ3v) is 7.18. The van der Waals surface area contributed by atoms with E-state index in [1.807, 2.05) is 42.5 Å². The average molecular weight is 435 g/mol. The van der Waals surface area contributed by atoms with Gasteiger partial charge in [-0.2, -0.15) is 0 Å². The van der Waals surface area contributed by atoms with Gasteiger partial charge in [0.05, 0.1) is 17.0 Å². The molecular weight excluding hydrogens is 416 g/mol. The van der Waals surface area contributed by atoms with Crippen molar-refractivity contribution in [3.8, 4) is 0 Å². The fourth-order valence-corrected chi connectivity index (χ4v) is 5.51. The Labute approximate surface area is 180 Å². The molecule has 0 spiro atoms. The van der Waals surface area contributed by atoms with Crippen molar-refractivity contribution >= 4 is 38.1 Å². The van der Waals surface area contributed by atoms with Crippen LogP contribution in [0.4, 0.5) is 5.69 Å². The first-order chi connectivity index (χ1) is 14.5. The van der Waals surface area contributed by atoms with Crippen molar-refractivity contribution in [2.24, 2.45) is 0 Å². The number of nitrogens with one attached hydrogen (secondary N) is 2. The Bertz CT molecular complexity index is 1320. The molecule has 0 saturated heterocycles. The molecule has 4 aromatic rings. The Balaban J connectivity index is 1.60.